The van der Waals surface area contributed by atoms with Gasteiger partial charge < -0.3 is 0 Å². The van der Waals surface area contributed by atoms with Crippen LogP contribution in [-0.2, 0) is 4.79 Å². The van der Waals surface area contributed by atoms with E-state index >= 15 is 0 Å². The van der Waals surface area contributed by atoms with Gasteiger partial charge in [0.1, 0.15) is 0 Å². The van der Waals surface area contributed by atoms with Crippen molar-refractivity contribution in [3.05, 3.63) is 23.8 Å². The second kappa shape index (κ2) is 3.04. The lowest BCUT2D eigenvalue weighted by Gasteiger charge is -2.05. The maximum absolute atomic E-state index is 11.2. The molecule has 1 heteroatoms. The van der Waals surface area contributed by atoms with Gasteiger partial charge in [0.15, 0.2) is 5.78 Å². The zero-order valence-electron chi connectivity index (χ0n) is 7.18. The van der Waals surface area contributed by atoms with Crippen LogP contribution in [0.4, 0.5) is 0 Å². The molecule has 1 nitrogen and oxygen atoms in total. The van der Waals surface area contributed by atoms with Crippen molar-refractivity contribution in [1.82, 2.24) is 0 Å². The van der Waals surface area contributed by atoms with Crippen LogP contribution in [0.3, 0.4) is 0 Å². The fraction of sp³-hybridized carbons (Fsp3) is 0.500. The van der Waals surface area contributed by atoms with Gasteiger partial charge >= 0.3 is 0 Å². The van der Waals surface area contributed by atoms with E-state index in [4.69, 9.17) is 0 Å². The van der Waals surface area contributed by atoms with Crippen molar-refractivity contribution in [1.29, 1.82) is 0 Å². The van der Waals surface area contributed by atoms with Gasteiger partial charge in [-0.2, -0.15) is 0 Å². The van der Waals surface area contributed by atoms with Crippen molar-refractivity contribution in [3.63, 3.8) is 0 Å². The highest BCUT2D eigenvalue weighted by Crippen LogP contribution is 2.30. The first-order valence-corrected chi connectivity index (χ1v) is 3.98. The summed E-state index contributed by atoms with van der Waals surface area (Å²) < 4.78 is 0. The van der Waals surface area contributed by atoms with Crippen LogP contribution in [0, 0.1) is 5.92 Å². The maximum Gasteiger partial charge on any atom is 0.159 e. The molecule has 0 aliphatic heterocycles. The van der Waals surface area contributed by atoms with Gasteiger partial charge in [0.2, 0.25) is 0 Å². The molecule has 0 heterocycles. The fourth-order valence-corrected chi connectivity index (χ4v) is 1.52. The predicted molar refractivity (Wildman–Crippen MR) is 46.3 cm³/mol. The van der Waals surface area contributed by atoms with E-state index in [0.717, 1.165) is 12.0 Å². The molecule has 0 saturated carbocycles. The molecule has 1 rings (SSSR count). The minimum absolute atomic E-state index is 0.314. The van der Waals surface area contributed by atoms with E-state index in [9.17, 15) is 4.79 Å². The highest BCUT2D eigenvalue weighted by molar-refractivity contribution is 5.98. The Labute approximate surface area is 67.8 Å². The molecule has 0 fully saturated rings. The molecule has 0 unspecified atom stereocenters. The van der Waals surface area contributed by atoms with Gasteiger partial charge in [-0.3, -0.25) is 4.79 Å². The van der Waals surface area contributed by atoms with Crippen LogP contribution in [0.2, 0.25) is 0 Å². The second-order valence-corrected chi connectivity index (χ2v) is 3.16. The van der Waals surface area contributed by atoms with Gasteiger partial charge in [-0.15, -0.1) is 6.58 Å². The van der Waals surface area contributed by atoms with Crippen molar-refractivity contribution >= 4 is 5.78 Å². The van der Waals surface area contributed by atoms with Crippen LogP contribution in [0.1, 0.15) is 26.7 Å². The Bertz CT molecular complexity index is 223. The van der Waals surface area contributed by atoms with Gasteiger partial charge in [0.05, 0.1) is 0 Å². The molecule has 0 saturated heterocycles. The monoisotopic (exact) mass is 150 g/mol. The number of hydrogen-bond acceptors (Lipinski definition) is 1. The van der Waals surface area contributed by atoms with E-state index in [-0.39, 0.29) is 0 Å². The Morgan fingerprint density at radius 1 is 1.64 bits per heavy atom. The molecule has 0 spiro atoms. The minimum Gasteiger partial charge on any atom is -0.295 e. The summed E-state index contributed by atoms with van der Waals surface area (Å²) in [5.74, 6) is 0.759. The third-order valence-corrected chi connectivity index (χ3v) is 2.51. The third kappa shape index (κ3) is 1.42. The average molecular weight is 150 g/mol. The lowest BCUT2D eigenvalue weighted by molar-refractivity contribution is -0.115. The number of allylic oxidation sites excluding steroid dienone is 3. The van der Waals surface area contributed by atoms with Crippen LogP contribution in [0.15, 0.2) is 23.8 Å². The molecule has 1 aliphatic carbocycles. The summed E-state index contributed by atoms with van der Waals surface area (Å²) >= 11 is 0. The molecule has 11 heavy (non-hydrogen) atoms. The molecular formula is C10H14O. The molecule has 60 valence electrons. The zero-order chi connectivity index (χ0) is 8.43. The maximum atomic E-state index is 11.2. The summed E-state index contributed by atoms with van der Waals surface area (Å²) in [6.45, 7) is 7.64. The molecular weight excluding hydrogens is 136 g/mol. The van der Waals surface area contributed by atoms with Crippen LogP contribution in [-0.4, -0.2) is 5.78 Å². The lowest BCUT2D eigenvalue weighted by atomic mass is 9.99. The molecule has 0 N–H and O–H groups in total. The number of ketones is 1. The molecule has 0 bridgehead atoms. The molecule has 1 atom stereocenters. The van der Waals surface area contributed by atoms with Gasteiger partial charge in [0.25, 0.3) is 0 Å². The Morgan fingerprint density at radius 2 is 2.27 bits per heavy atom. The Balaban J connectivity index is 2.76. The molecule has 0 radical (unpaired) electrons. The topological polar surface area (TPSA) is 17.1 Å². The second-order valence-electron chi connectivity index (χ2n) is 3.16. The quantitative estimate of drug-likeness (QED) is 0.553. The van der Waals surface area contributed by atoms with Crippen molar-refractivity contribution in [2.75, 3.05) is 0 Å². The van der Waals surface area contributed by atoms with E-state index in [1.807, 2.05) is 13.0 Å². The smallest absolute Gasteiger partial charge is 0.159 e. The van der Waals surface area contributed by atoms with Crippen molar-refractivity contribution in [2.45, 2.75) is 26.7 Å². The van der Waals surface area contributed by atoms with Crippen LogP contribution in [0.25, 0.3) is 0 Å². The SMILES string of the molecule is C=CC[C@H]1CC(=O)C(C)=C1C. The first-order valence-electron chi connectivity index (χ1n) is 3.98. The van der Waals surface area contributed by atoms with E-state index < -0.39 is 0 Å². The number of carbonyl (C=O) groups is 1. The minimum atomic E-state index is 0.314. The third-order valence-electron chi connectivity index (χ3n) is 2.51. The molecule has 1 aliphatic rings. The summed E-state index contributed by atoms with van der Waals surface area (Å²) in [7, 11) is 0. The Kier molecular flexibility index (Phi) is 2.28. The molecule has 0 aromatic rings. The van der Waals surface area contributed by atoms with Gasteiger partial charge in [0, 0.05) is 6.42 Å². The predicted octanol–water partition coefficient (Wildman–Crippen LogP) is 2.49. The van der Waals surface area contributed by atoms with E-state index in [0.29, 0.717) is 18.1 Å². The summed E-state index contributed by atoms with van der Waals surface area (Å²) in [5.41, 5.74) is 2.23. The number of carbonyl (C=O) groups excluding carboxylic acids is 1. The van der Waals surface area contributed by atoms with Crippen LogP contribution in [0.5, 0.6) is 0 Å². The van der Waals surface area contributed by atoms with Gasteiger partial charge in [-0.05, 0) is 31.8 Å². The summed E-state index contributed by atoms with van der Waals surface area (Å²) in [5, 5.41) is 0. The Hall–Kier alpha value is -0.850. The van der Waals surface area contributed by atoms with Gasteiger partial charge in [-0.1, -0.05) is 11.6 Å². The Morgan fingerprint density at radius 3 is 2.64 bits per heavy atom. The average Bonchev–Trinajstić information content (AvgIpc) is 2.19. The largest absolute Gasteiger partial charge is 0.295 e. The normalized spacial score (nSPS) is 24.5. The number of hydrogen-bond donors (Lipinski definition) is 0. The fourth-order valence-electron chi connectivity index (χ4n) is 1.52. The molecule has 0 aromatic heterocycles. The first kappa shape index (κ1) is 8.25. The molecule has 0 amide bonds. The van der Waals surface area contributed by atoms with E-state index in [2.05, 4.69) is 13.5 Å². The van der Waals surface area contributed by atoms with Crippen LogP contribution < -0.4 is 0 Å². The standard InChI is InChI=1S/C10H14O/c1-4-5-9-6-10(11)8(3)7(9)2/h4,9H,1,5-6H2,2-3H3/t9-/m0/s1. The zero-order valence-corrected chi connectivity index (χ0v) is 7.18. The van der Waals surface area contributed by atoms with E-state index in [1.54, 1.807) is 0 Å². The number of Topliss-reactive ketones (excluding diaryl/α,β-unsaturated/α-hetero) is 1. The first-order chi connectivity index (χ1) is 5.16. The summed E-state index contributed by atoms with van der Waals surface area (Å²) in [6.07, 6.45) is 3.53. The van der Waals surface area contributed by atoms with Crippen LogP contribution >= 0.6 is 0 Å². The van der Waals surface area contributed by atoms with Crippen molar-refractivity contribution < 1.29 is 4.79 Å². The summed E-state index contributed by atoms with van der Waals surface area (Å²) in [6, 6.07) is 0. The van der Waals surface area contributed by atoms with Crippen molar-refractivity contribution in [3.8, 4) is 0 Å². The van der Waals surface area contributed by atoms with E-state index in [1.165, 1.54) is 5.57 Å². The molecule has 0 aromatic carbocycles. The highest BCUT2D eigenvalue weighted by Gasteiger charge is 2.25. The number of rotatable bonds is 2. The van der Waals surface area contributed by atoms with Gasteiger partial charge in [-0.25, -0.2) is 0 Å². The highest BCUT2D eigenvalue weighted by atomic mass is 16.1. The summed E-state index contributed by atoms with van der Waals surface area (Å²) in [4.78, 5) is 11.2. The van der Waals surface area contributed by atoms with Crippen molar-refractivity contribution in [2.24, 2.45) is 5.92 Å². The lowest BCUT2D eigenvalue weighted by Crippen LogP contribution is -1.97.